The Kier molecular flexibility index (Phi) is 12.3. The van der Waals surface area contributed by atoms with Gasteiger partial charge in [0.1, 0.15) is 0 Å². The molecule has 0 saturated carbocycles. The molecule has 14 aromatic rings. The number of nitrogens with zero attached hydrogens (tertiary/aromatic N) is 5. The Morgan fingerprint density at radius 2 is 1.05 bits per heavy atom. The van der Waals surface area contributed by atoms with Crippen molar-refractivity contribution in [1.82, 2.24) is 23.7 Å². The van der Waals surface area contributed by atoms with Crippen LogP contribution in [-0.4, -0.2) is 23.7 Å². The summed E-state index contributed by atoms with van der Waals surface area (Å²) < 4.78 is 7.48. The Morgan fingerprint density at radius 1 is 0.479 bits per heavy atom. The van der Waals surface area contributed by atoms with Gasteiger partial charge in [-0.15, -0.1) is 0 Å². The van der Waals surface area contributed by atoms with Crippen molar-refractivity contribution in [3.8, 4) is 73.1 Å². The lowest BCUT2D eigenvalue weighted by molar-refractivity contribution is 0.659. The van der Waals surface area contributed by atoms with Crippen molar-refractivity contribution >= 4 is 67.4 Å². The van der Waals surface area contributed by atoms with Gasteiger partial charge in [-0.3, -0.25) is 0 Å². The molecule has 5 aliphatic carbocycles. The Labute approximate surface area is 560 Å². The van der Waals surface area contributed by atoms with E-state index in [1.54, 1.807) is 0 Å². The van der Waals surface area contributed by atoms with Crippen LogP contribution >= 0.6 is 0 Å². The topological polar surface area (TPSA) is 40.6 Å². The lowest BCUT2D eigenvalue weighted by atomic mass is 9.79. The van der Waals surface area contributed by atoms with Gasteiger partial charge in [0.25, 0.3) is 0 Å². The lowest BCUT2D eigenvalue weighted by Crippen LogP contribution is -2.15. The number of aryl methyl sites for hydroxylation is 1. The molecule has 0 aliphatic heterocycles. The minimum absolute atomic E-state index is 0.0877. The summed E-state index contributed by atoms with van der Waals surface area (Å²) >= 11 is 0. The third-order valence-electron chi connectivity index (χ3n) is 22.1. The van der Waals surface area contributed by atoms with E-state index in [0.717, 1.165) is 64.5 Å². The monoisotopic (exact) mass is 1230 g/mol. The molecule has 0 radical (unpaired) electrons. The summed E-state index contributed by atoms with van der Waals surface area (Å²) in [6.45, 7) is 15.9. The minimum atomic E-state index is -0.141. The number of allylic oxidation sites excluding steroid dienone is 8. The van der Waals surface area contributed by atoms with E-state index in [0.29, 0.717) is 0 Å². The number of hydrogen-bond acceptors (Lipinski definition) is 2. The van der Waals surface area contributed by atoms with E-state index in [-0.39, 0.29) is 16.7 Å². The van der Waals surface area contributed by atoms with E-state index in [2.05, 4.69) is 316 Å². The molecule has 1 unspecified atom stereocenters. The maximum atomic E-state index is 5.38. The van der Waals surface area contributed by atoms with Crippen LogP contribution in [0.3, 0.4) is 0 Å². The van der Waals surface area contributed by atoms with Crippen LogP contribution in [-0.2, 0) is 17.3 Å². The molecule has 458 valence electrons. The second kappa shape index (κ2) is 21.1. The number of aromatic nitrogens is 5. The molecular formula is C91H69N5. The van der Waals surface area contributed by atoms with E-state index in [4.69, 9.17) is 9.97 Å². The van der Waals surface area contributed by atoms with Crippen LogP contribution < -0.4 is 0 Å². The molecule has 0 saturated heterocycles. The predicted molar refractivity (Wildman–Crippen MR) is 402 cm³/mol. The minimum Gasteiger partial charge on any atom is -0.313 e. The first-order valence-electron chi connectivity index (χ1n) is 34.0. The summed E-state index contributed by atoms with van der Waals surface area (Å²) in [5.41, 5.74) is 35.5. The normalized spacial score (nSPS) is 15.9. The first-order chi connectivity index (χ1) is 47.0. The molecule has 1 atom stereocenters. The van der Waals surface area contributed by atoms with Crippen LogP contribution in [0.1, 0.15) is 108 Å². The third kappa shape index (κ3) is 8.29. The van der Waals surface area contributed by atoms with Crippen molar-refractivity contribution in [2.45, 2.75) is 70.6 Å². The highest BCUT2D eigenvalue weighted by molar-refractivity contribution is 6.12. The van der Waals surface area contributed by atoms with Crippen molar-refractivity contribution < 1.29 is 0 Å². The molecule has 4 heterocycles. The number of fused-ring (bicyclic) bond motifs is 16. The second-order valence-electron chi connectivity index (χ2n) is 28.0. The fourth-order valence-electron chi connectivity index (χ4n) is 17.3. The van der Waals surface area contributed by atoms with Gasteiger partial charge in [0.2, 0.25) is 0 Å². The Hall–Kier alpha value is -11.4. The molecule has 0 amide bonds. The Bertz CT molecular complexity index is 5880. The third-order valence-corrected chi connectivity index (χ3v) is 22.1. The van der Waals surface area contributed by atoms with Gasteiger partial charge in [0, 0.05) is 89.0 Å². The van der Waals surface area contributed by atoms with Crippen LogP contribution in [0.15, 0.2) is 267 Å². The Balaban J connectivity index is 0.734. The van der Waals surface area contributed by atoms with E-state index < -0.39 is 0 Å². The quantitative estimate of drug-likeness (QED) is 0.135. The molecule has 5 heteroatoms. The first-order valence-corrected chi connectivity index (χ1v) is 34.0. The van der Waals surface area contributed by atoms with Crippen LogP contribution in [0.5, 0.6) is 0 Å². The molecule has 5 aliphatic rings. The number of hydrogen-bond donors (Lipinski definition) is 0. The van der Waals surface area contributed by atoms with E-state index in [1.165, 1.54) is 144 Å². The van der Waals surface area contributed by atoms with Crippen LogP contribution in [0.25, 0.3) is 141 Å². The van der Waals surface area contributed by atoms with E-state index in [9.17, 15) is 0 Å². The molecule has 5 nitrogen and oxygen atoms in total. The van der Waals surface area contributed by atoms with E-state index in [1.807, 2.05) is 12.1 Å². The maximum absolute atomic E-state index is 5.38. The smallest absolute Gasteiger partial charge is 0.160 e. The van der Waals surface area contributed by atoms with E-state index >= 15 is 0 Å². The predicted octanol–water partition coefficient (Wildman–Crippen LogP) is 23.1. The summed E-state index contributed by atoms with van der Waals surface area (Å²) in [7, 11) is 0. The van der Waals surface area contributed by atoms with Crippen LogP contribution in [0.4, 0.5) is 0 Å². The number of rotatable bonds is 9. The highest BCUT2D eigenvalue weighted by atomic mass is 15.0. The molecule has 0 bridgehead atoms. The van der Waals surface area contributed by atoms with Gasteiger partial charge in [-0.05, 0) is 201 Å². The molecule has 10 aromatic carbocycles. The number of benzene rings is 10. The van der Waals surface area contributed by atoms with Crippen LogP contribution in [0, 0.1) is 6.92 Å². The van der Waals surface area contributed by atoms with Gasteiger partial charge in [-0.25, -0.2) is 9.97 Å². The standard InChI is InChI=1S/C91H69N5/c1-7-8-29-81-55(2)72-49-59(34-45-83(72)94(81)63-38-31-57(32-39-63)88-87-66-23-13-12-20-56(66)33-44-80(87)92-89(93-88)58-21-10-9-11-22-58)61-36-47-85-74(51-61)75-52-62(37-48-86(75)96(85)65-41-43-70-68-25-15-18-28-77(68)91(5,6)79(70)54-65)60-35-46-84-73(50-60)71-26-16-19-30-82(71)95(84)64-40-42-69-67-24-14-17-27-76(67)90(3,4)78(69)53-64/h7-22,24-34,36-45,47-54,66H,1,23,35,46H2,2-6H3/b29-8-. The molecule has 0 fully saturated rings. The van der Waals surface area contributed by atoms with Gasteiger partial charge in [-0.2, -0.15) is 0 Å². The summed E-state index contributed by atoms with van der Waals surface area (Å²) in [6.07, 6.45) is 22.5. The molecule has 96 heavy (non-hydrogen) atoms. The SMILES string of the molecule is C=C/C=C\c1c(C)c2cc(-c3ccc4c(c3)c3cc(C5=Cc6c(n(-c7ccc8c(c7)C(C)(C)c7ccccc7-8)c7ccccc67)CC5)ccc3n4-c3ccc4c(c3)C(C)(C)c3ccccc3-4)ccc2n1-c1ccc(-c2nc(-c3ccccc3)nc3c2C2CC=CC=C2C=C3)cc1. The molecule has 0 spiro atoms. The first kappa shape index (κ1) is 56.2. The fourth-order valence-corrected chi connectivity index (χ4v) is 17.3. The molecule has 19 rings (SSSR count). The van der Waals surface area contributed by atoms with Crippen molar-refractivity contribution in [2.75, 3.05) is 0 Å². The second-order valence-corrected chi connectivity index (χ2v) is 28.0. The highest BCUT2D eigenvalue weighted by Crippen LogP contribution is 2.53. The fraction of sp³-hybridized carbons (Fsp3) is 0.121. The summed E-state index contributed by atoms with van der Waals surface area (Å²) in [6, 6.07) is 82.2. The molecule has 4 aromatic heterocycles. The summed E-state index contributed by atoms with van der Waals surface area (Å²) in [4.78, 5) is 10.6. The van der Waals surface area contributed by atoms with Gasteiger partial charge in [0.05, 0.1) is 33.5 Å². The lowest BCUT2D eigenvalue weighted by Gasteiger charge is -2.27. The average Bonchev–Trinajstić information content (AvgIpc) is 1.53. The van der Waals surface area contributed by atoms with Gasteiger partial charge in [-0.1, -0.05) is 210 Å². The van der Waals surface area contributed by atoms with Gasteiger partial charge < -0.3 is 13.7 Å². The van der Waals surface area contributed by atoms with Gasteiger partial charge in [0.15, 0.2) is 5.82 Å². The maximum Gasteiger partial charge on any atom is 0.160 e. The average molecular weight is 1230 g/mol. The van der Waals surface area contributed by atoms with Crippen LogP contribution in [0.2, 0.25) is 0 Å². The largest absolute Gasteiger partial charge is 0.313 e. The molecule has 0 N–H and O–H groups in total. The van der Waals surface area contributed by atoms with Gasteiger partial charge >= 0.3 is 0 Å². The molecular weight excluding hydrogens is 1160 g/mol. The highest BCUT2D eigenvalue weighted by Gasteiger charge is 2.38. The van der Waals surface area contributed by atoms with Crippen molar-refractivity contribution in [3.63, 3.8) is 0 Å². The zero-order valence-corrected chi connectivity index (χ0v) is 54.6. The van der Waals surface area contributed by atoms with Crippen molar-refractivity contribution in [2.24, 2.45) is 0 Å². The van der Waals surface area contributed by atoms with Crippen molar-refractivity contribution in [1.29, 1.82) is 0 Å². The number of para-hydroxylation sites is 1. The summed E-state index contributed by atoms with van der Waals surface area (Å²) in [5, 5.41) is 4.98. The van der Waals surface area contributed by atoms with Crippen molar-refractivity contribution in [3.05, 3.63) is 329 Å². The zero-order valence-electron chi connectivity index (χ0n) is 54.6. The summed E-state index contributed by atoms with van der Waals surface area (Å²) in [5.74, 6) is 0.934. The Morgan fingerprint density at radius 3 is 1.75 bits per heavy atom. The zero-order chi connectivity index (χ0) is 64.3.